The molecule has 0 aromatic heterocycles. The third-order valence-corrected chi connectivity index (χ3v) is 8.07. The van der Waals surface area contributed by atoms with Gasteiger partial charge in [0.2, 0.25) is 5.67 Å². The Labute approximate surface area is 215 Å². The van der Waals surface area contributed by atoms with E-state index < -0.39 is 35.2 Å². The molecule has 10 heteroatoms. The monoisotopic (exact) mass is 527 g/mol. The molecule has 1 atom stereocenters. The van der Waals surface area contributed by atoms with Gasteiger partial charge in [0.15, 0.2) is 0 Å². The number of carboxylic acid groups (broad SMARTS) is 1. The highest BCUT2D eigenvalue weighted by atomic mass is 19.4. The van der Waals surface area contributed by atoms with Crippen molar-refractivity contribution in [1.29, 1.82) is 0 Å². The summed E-state index contributed by atoms with van der Waals surface area (Å²) in [6.07, 6.45) is -2.45. The number of carbonyl (C=O) groups excluding carboxylic acids is 1. The number of carbonyl (C=O) groups is 2. The summed E-state index contributed by atoms with van der Waals surface area (Å²) < 4.78 is 56.1. The molecule has 1 amide bonds. The van der Waals surface area contributed by atoms with Crippen molar-refractivity contribution < 1.29 is 32.3 Å². The van der Waals surface area contributed by atoms with Gasteiger partial charge in [0, 0.05) is 57.9 Å². The van der Waals surface area contributed by atoms with Gasteiger partial charge in [0.1, 0.15) is 0 Å². The van der Waals surface area contributed by atoms with Crippen molar-refractivity contribution in [1.82, 2.24) is 9.80 Å². The number of alkyl halides is 4. The van der Waals surface area contributed by atoms with Crippen LogP contribution in [0.2, 0.25) is 0 Å². The fourth-order valence-electron chi connectivity index (χ4n) is 6.08. The molecule has 0 radical (unpaired) electrons. The number of halogens is 4. The second kappa shape index (κ2) is 10.8. The molecule has 206 valence electrons. The maximum absolute atomic E-state index is 15.6. The average molecular weight is 528 g/mol. The van der Waals surface area contributed by atoms with Gasteiger partial charge in [-0.05, 0) is 55.2 Å². The summed E-state index contributed by atoms with van der Waals surface area (Å²) in [6, 6.07) is 3.80. The van der Waals surface area contributed by atoms with E-state index in [1.807, 2.05) is 9.80 Å². The number of hydrogen-bond donors (Lipinski definition) is 1. The van der Waals surface area contributed by atoms with E-state index in [-0.39, 0.29) is 18.9 Å². The van der Waals surface area contributed by atoms with Gasteiger partial charge in [-0.25, -0.2) is 4.39 Å². The molecule has 0 unspecified atom stereocenters. The first-order chi connectivity index (χ1) is 17.4. The molecular weight excluding hydrogens is 490 g/mol. The van der Waals surface area contributed by atoms with Crippen LogP contribution in [-0.2, 0) is 15.8 Å². The molecule has 1 aromatic rings. The van der Waals surface area contributed by atoms with Crippen molar-refractivity contribution in [3.63, 3.8) is 0 Å². The van der Waals surface area contributed by atoms with E-state index in [9.17, 15) is 27.9 Å². The van der Waals surface area contributed by atoms with Crippen LogP contribution >= 0.6 is 0 Å². The molecule has 0 spiro atoms. The van der Waals surface area contributed by atoms with E-state index in [4.69, 9.17) is 0 Å². The molecule has 0 aliphatic carbocycles. The lowest BCUT2D eigenvalue weighted by atomic mass is 9.86. The number of likely N-dealkylation sites (tertiary alicyclic amines) is 2. The third kappa shape index (κ3) is 6.21. The van der Waals surface area contributed by atoms with E-state index >= 15 is 4.39 Å². The molecule has 3 heterocycles. The van der Waals surface area contributed by atoms with Crippen molar-refractivity contribution in [3.05, 3.63) is 29.3 Å². The standard InChI is InChI=1S/C27H37F4N3O3/c1-18(2)16-32-14-9-26(28,17-32)25(37)34-12-5-19(6-13-34)22-4-3-21(27(29,30)31)15-23(22)33-10-7-20(8-11-33)24(35)36/h3-4,15,18-20H,5-14,16-17H2,1-2H3,(H,35,36)/t26-/m1/s1. The van der Waals surface area contributed by atoms with E-state index in [2.05, 4.69) is 13.8 Å². The molecule has 3 aliphatic heterocycles. The van der Waals surface area contributed by atoms with Crippen molar-refractivity contribution in [2.24, 2.45) is 11.8 Å². The largest absolute Gasteiger partial charge is 0.481 e. The number of rotatable bonds is 6. The summed E-state index contributed by atoms with van der Waals surface area (Å²) >= 11 is 0. The molecule has 3 saturated heterocycles. The average Bonchev–Trinajstić information content (AvgIpc) is 3.23. The molecule has 6 nitrogen and oxygen atoms in total. The summed E-state index contributed by atoms with van der Waals surface area (Å²) in [7, 11) is 0. The van der Waals surface area contributed by atoms with Gasteiger partial charge in [-0.15, -0.1) is 0 Å². The van der Waals surface area contributed by atoms with Crippen LogP contribution < -0.4 is 4.90 Å². The second-order valence-electron chi connectivity index (χ2n) is 11.3. The number of nitrogens with zero attached hydrogens (tertiary/aromatic N) is 3. The number of benzene rings is 1. The molecule has 3 fully saturated rings. The zero-order chi connectivity index (χ0) is 27.0. The summed E-state index contributed by atoms with van der Waals surface area (Å²) in [5.74, 6) is -1.50. The topological polar surface area (TPSA) is 64.1 Å². The van der Waals surface area contributed by atoms with Crippen LogP contribution in [0, 0.1) is 11.8 Å². The Morgan fingerprint density at radius 2 is 1.70 bits per heavy atom. The first kappa shape index (κ1) is 27.7. The molecule has 0 saturated carbocycles. The zero-order valence-electron chi connectivity index (χ0n) is 21.6. The fraction of sp³-hybridized carbons (Fsp3) is 0.704. The third-order valence-electron chi connectivity index (χ3n) is 8.07. The van der Waals surface area contributed by atoms with Crippen LogP contribution in [-0.4, -0.2) is 78.3 Å². The van der Waals surface area contributed by atoms with Crippen molar-refractivity contribution in [3.8, 4) is 0 Å². The first-order valence-electron chi connectivity index (χ1n) is 13.3. The van der Waals surface area contributed by atoms with Crippen molar-refractivity contribution in [2.45, 2.75) is 63.7 Å². The van der Waals surface area contributed by atoms with Crippen LogP contribution in [0.5, 0.6) is 0 Å². The number of piperidine rings is 2. The van der Waals surface area contributed by atoms with Gasteiger partial charge in [-0.3, -0.25) is 14.5 Å². The number of anilines is 1. The van der Waals surface area contributed by atoms with Gasteiger partial charge in [-0.2, -0.15) is 13.2 Å². The number of hydrogen-bond acceptors (Lipinski definition) is 4. The second-order valence-corrected chi connectivity index (χ2v) is 11.3. The Hall–Kier alpha value is -2.36. The summed E-state index contributed by atoms with van der Waals surface area (Å²) in [5, 5.41) is 9.29. The Balaban J connectivity index is 1.46. The Morgan fingerprint density at radius 1 is 1.05 bits per heavy atom. The highest BCUT2D eigenvalue weighted by molar-refractivity contribution is 5.86. The van der Waals surface area contributed by atoms with Gasteiger partial charge < -0.3 is 14.9 Å². The number of aliphatic carboxylic acids is 1. The quantitative estimate of drug-likeness (QED) is 0.540. The first-order valence-corrected chi connectivity index (χ1v) is 13.3. The summed E-state index contributed by atoms with van der Waals surface area (Å²) in [5.41, 5.74) is -1.33. The Bertz CT molecular complexity index is 986. The Kier molecular flexibility index (Phi) is 8.07. The zero-order valence-corrected chi connectivity index (χ0v) is 21.6. The fourth-order valence-corrected chi connectivity index (χ4v) is 6.08. The minimum absolute atomic E-state index is 0.0601. The number of carboxylic acids is 1. The highest BCUT2D eigenvalue weighted by Crippen LogP contribution is 2.41. The maximum atomic E-state index is 15.6. The number of amides is 1. The maximum Gasteiger partial charge on any atom is 0.416 e. The molecule has 3 aliphatic rings. The van der Waals surface area contributed by atoms with Crippen molar-refractivity contribution >= 4 is 17.6 Å². The Morgan fingerprint density at radius 3 is 2.27 bits per heavy atom. The van der Waals surface area contributed by atoms with E-state index in [1.165, 1.54) is 12.1 Å². The molecule has 4 rings (SSSR count). The predicted molar refractivity (Wildman–Crippen MR) is 132 cm³/mol. The SMILES string of the molecule is CC(C)CN1CC[C@](F)(C(=O)N2CCC(c3ccc(C(F)(F)F)cc3N3CCC(C(=O)O)CC3)CC2)C1. The minimum atomic E-state index is -4.48. The smallest absolute Gasteiger partial charge is 0.416 e. The van der Waals surface area contributed by atoms with Crippen LogP contribution in [0.3, 0.4) is 0 Å². The summed E-state index contributed by atoms with van der Waals surface area (Å²) in [6.45, 7) is 7.02. The van der Waals surface area contributed by atoms with Crippen LogP contribution in [0.4, 0.5) is 23.2 Å². The molecule has 0 bridgehead atoms. The van der Waals surface area contributed by atoms with Crippen LogP contribution in [0.25, 0.3) is 0 Å². The lowest BCUT2D eigenvalue weighted by Crippen LogP contribution is -2.50. The van der Waals surface area contributed by atoms with E-state index in [0.717, 1.165) is 18.2 Å². The van der Waals surface area contributed by atoms with Crippen LogP contribution in [0.15, 0.2) is 18.2 Å². The lowest BCUT2D eigenvalue weighted by Gasteiger charge is -2.38. The summed E-state index contributed by atoms with van der Waals surface area (Å²) in [4.78, 5) is 29.9. The predicted octanol–water partition coefficient (Wildman–Crippen LogP) is 4.78. The van der Waals surface area contributed by atoms with Gasteiger partial charge in [-0.1, -0.05) is 19.9 Å². The van der Waals surface area contributed by atoms with Gasteiger partial charge in [0.25, 0.3) is 5.91 Å². The van der Waals surface area contributed by atoms with Crippen molar-refractivity contribution in [2.75, 3.05) is 50.7 Å². The van der Waals surface area contributed by atoms with E-state index in [0.29, 0.717) is 70.0 Å². The molecular formula is C27H37F4N3O3. The van der Waals surface area contributed by atoms with Gasteiger partial charge >= 0.3 is 12.1 Å². The molecule has 1 aromatic carbocycles. The van der Waals surface area contributed by atoms with Crippen LogP contribution in [0.1, 0.15) is 63.0 Å². The minimum Gasteiger partial charge on any atom is -0.481 e. The lowest BCUT2D eigenvalue weighted by molar-refractivity contribution is -0.144. The molecule has 1 N–H and O–H groups in total. The van der Waals surface area contributed by atoms with Gasteiger partial charge in [0.05, 0.1) is 11.5 Å². The van der Waals surface area contributed by atoms with E-state index in [1.54, 1.807) is 4.90 Å². The normalized spacial score (nSPS) is 24.7. The highest BCUT2D eigenvalue weighted by Gasteiger charge is 2.47. The molecule has 37 heavy (non-hydrogen) atoms.